The summed E-state index contributed by atoms with van der Waals surface area (Å²) in [5.41, 5.74) is 3.67. The number of carbonyl (C=O) groups is 1. The van der Waals surface area contributed by atoms with Crippen molar-refractivity contribution in [2.75, 3.05) is 13.1 Å². The SMILES string of the molecule is CCCN(CC)C(=O)CC(C)c1ccc(-c2ccccc2)cc1. The molecular formula is C21H27NO. The molecule has 2 nitrogen and oxygen atoms in total. The molecule has 1 amide bonds. The van der Waals surface area contributed by atoms with Gasteiger partial charge >= 0.3 is 0 Å². The fraction of sp³-hybridized carbons (Fsp3) is 0.381. The topological polar surface area (TPSA) is 20.3 Å². The maximum absolute atomic E-state index is 12.4. The Bertz CT molecular complexity index is 603. The number of nitrogens with zero attached hydrogens (tertiary/aromatic N) is 1. The van der Waals surface area contributed by atoms with Crippen LogP contribution in [0, 0.1) is 0 Å². The summed E-state index contributed by atoms with van der Waals surface area (Å²) in [6.07, 6.45) is 1.60. The zero-order valence-electron chi connectivity index (χ0n) is 14.5. The summed E-state index contributed by atoms with van der Waals surface area (Å²) in [5.74, 6) is 0.507. The highest BCUT2D eigenvalue weighted by molar-refractivity contribution is 5.77. The summed E-state index contributed by atoms with van der Waals surface area (Å²) in [7, 11) is 0. The van der Waals surface area contributed by atoms with Crippen molar-refractivity contribution in [3.63, 3.8) is 0 Å². The fourth-order valence-electron chi connectivity index (χ4n) is 2.87. The predicted octanol–water partition coefficient (Wildman–Crippen LogP) is 5.11. The van der Waals surface area contributed by atoms with Crippen molar-refractivity contribution < 1.29 is 4.79 Å². The zero-order valence-corrected chi connectivity index (χ0v) is 14.5. The van der Waals surface area contributed by atoms with Crippen LogP contribution in [0.1, 0.15) is 45.1 Å². The summed E-state index contributed by atoms with van der Waals surface area (Å²) in [5, 5.41) is 0. The van der Waals surface area contributed by atoms with Crippen LogP contribution in [0.5, 0.6) is 0 Å². The molecule has 0 radical (unpaired) electrons. The van der Waals surface area contributed by atoms with Gasteiger partial charge in [-0.3, -0.25) is 4.79 Å². The van der Waals surface area contributed by atoms with Gasteiger partial charge in [0.05, 0.1) is 0 Å². The first-order valence-electron chi connectivity index (χ1n) is 8.58. The van der Waals surface area contributed by atoms with Crippen molar-refractivity contribution in [2.24, 2.45) is 0 Å². The Labute approximate surface area is 140 Å². The van der Waals surface area contributed by atoms with Crippen molar-refractivity contribution in [1.82, 2.24) is 4.90 Å². The Kier molecular flexibility index (Phi) is 6.40. The molecule has 2 aromatic carbocycles. The molecule has 0 bridgehead atoms. The number of hydrogen-bond acceptors (Lipinski definition) is 1. The highest BCUT2D eigenvalue weighted by Gasteiger charge is 2.16. The molecule has 0 aromatic heterocycles. The molecule has 0 fully saturated rings. The molecule has 1 atom stereocenters. The third-order valence-electron chi connectivity index (χ3n) is 4.30. The standard InChI is InChI=1S/C21H27NO/c1-4-15-22(5-2)21(23)16-17(3)18-11-13-20(14-12-18)19-9-7-6-8-10-19/h6-14,17H,4-5,15-16H2,1-3H3. The van der Waals surface area contributed by atoms with Crippen LogP contribution < -0.4 is 0 Å². The molecule has 0 saturated carbocycles. The van der Waals surface area contributed by atoms with E-state index in [2.05, 4.69) is 62.4 Å². The molecule has 0 N–H and O–H groups in total. The number of benzene rings is 2. The minimum Gasteiger partial charge on any atom is -0.343 e. The summed E-state index contributed by atoms with van der Waals surface area (Å²) >= 11 is 0. The van der Waals surface area contributed by atoms with Gasteiger partial charge in [0.15, 0.2) is 0 Å². The minimum absolute atomic E-state index is 0.248. The molecule has 0 aliphatic rings. The smallest absolute Gasteiger partial charge is 0.223 e. The van der Waals surface area contributed by atoms with Crippen molar-refractivity contribution in [3.05, 3.63) is 60.2 Å². The molecular weight excluding hydrogens is 282 g/mol. The van der Waals surface area contributed by atoms with Gasteiger partial charge in [0.1, 0.15) is 0 Å². The third kappa shape index (κ3) is 4.69. The van der Waals surface area contributed by atoms with E-state index in [1.54, 1.807) is 0 Å². The molecule has 122 valence electrons. The maximum atomic E-state index is 12.4. The van der Waals surface area contributed by atoms with Crippen LogP contribution in [0.15, 0.2) is 54.6 Å². The molecule has 23 heavy (non-hydrogen) atoms. The van der Waals surface area contributed by atoms with E-state index < -0.39 is 0 Å². The highest BCUT2D eigenvalue weighted by Crippen LogP contribution is 2.24. The Morgan fingerprint density at radius 3 is 2.13 bits per heavy atom. The van der Waals surface area contributed by atoms with Crippen LogP contribution in [0.3, 0.4) is 0 Å². The van der Waals surface area contributed by atoms with E-state index in [0.717, 1.165) is 19.5 Å². The maximum Gasteiger partial charge on any atom is 0.223 e. The van der Waals surface area contributed by atoms with Gasteiger partial charge in [-0.05, 0) is 36.0 Å². The van der Waals surface area contributed by atoms with E-state index in [9.17, 15) is 4.79 Å². The first-order valence-corrected chi connectivity index (χ1v) is 8.58. The fourth-order valence-corrected chi connectivity index (χ4v) is 2.87. The Morgan fingerprint density at radius 2 is 1.57 bits per heavy atom. The van der Waals surface area contributed by atoms with Crippen LogP contribution in [-0.4, -0.2) is 23.9 Å². The van der Waals surface area contributed by atoms with Crippen molar-refractivity contribution >= 4 is 5.91 Å². The van der Waals surface area contributed by atoms with Crippen molar-refractivity contribution in [2.45, 2.75) is 39.5 Å². The lowest BCUT2D eigenvalue weighted by Gasteiger charge is -2.22. The number of rotatable bonds is 7. The lowest BCUT2D eigenvalue weighted by atomic mass is 9.94. The lowest BCUT2D eigenvalue weighted by Crippen LogP contribution is -2.32. The monoisotopic (exact) mass is 309 g/mol. The van der Waals surface area contributed by atoms with Gasteiger partial charge in [-0.25, -0.2) is 0 Å². The second kappa shape index (κ2) is 8.52. The summed E-state index contributed by atoms with van der Waals surface area (Å²) in [6, 6.07) is 19.0. The molecule has 0 heterocycles. The number of amides is 1. The molecule has 2 rings (SSSR count). The van der Waals surface area contributed by atoms with Gasteiger partial charge < -0.3 is 4.90 Å². The normalized spacial score (nSPS) is 12.0. The molecule has 1 unspecified atom stereocenters. The molecule has 0 aliphatic heterocycles. The van der Waals surface area contributed by atoms with E-state index in [4.69, 9.17) is 0 Å². The average molecular weight is 309 g/mol. The third-order valence-corrected chi connectivity index (χ3v) is 4.30. The second-order valence-electron chi connectivity index (χ2n) is 6.07. The first kappa shape index (κ1) is 17.3. The molecule has 0 aliphatic carbocycles. The predicted molar refractivity (Wildman–Crippen MR) is 97.5 cm³/mol. The van der Waals surface area contributed by atoms with Crippen LogP contribution in [-0.2, 0) is 4.79 Å². The molecule has 2 aromatic rings. The zero-order chi connectivity index (χ0) is 16.7. The Balaban J connectivity index is 2.03. The molecule has 2 heteroatoms. The van der Waals surface area contributed by atoms with Gasteiger partial charge in [-0.15, -0.1) is 0 Å². The van der Waals surface area contributed by atoms with Gasteiger partial charge in [-0.2, -0.15) is 0 Å². The summed E-state index contributed by atoms with van der Waals surface area (Å²) in [4.78, 5) is 14.3. The first-order chi connectivity index (χ1) is 11.2. The second-order valence-corrected chi connectivity index (χ2v) is 6.07. The van der Waals surface area contributed by atoms with E-state index in [1.807, 2.05) is 17.9 Å². The van der Waals surface area contributed by atoms with Crippen molar-refractivity contribution in [3.8, 4) is 11.1 Å². The van der Waals surface area contributed by atoms with Gasteiger partial charge in [0, 0.05) is 19.5 Å². The number of carbonyl (C=O) groups excluding carboxylic acids is 1. The van der Waals surface area contributed by atoms with Gasteiger partial charge in [0.25, 0.3) is 0 Å². The van der Waals surface area contributed by atoms with Crippen molar-refractivity contribution in [1.29, 1.82) is 0 Å². The van der Waals surface area contributed by atoms with E-state index in [0.29, 0.717) is 6.42 Å². The Hall–Kier alpha value is -2.09. The lowest BCUT2D eigenvalue weighted by molar-refractivity contribution is -0.131. The van der Waals surface area contributed by atoms with Crippen LogP contribution in [0.2, 0.25) is 0 Å². The molecule has 0 saturated heterocycles. The van der Waals surface area contributed by atoms with Crippen LogP contribution in [0.25, 0.3) is 11.1 Å². The van der Waals surface area contributed by atoms with E-state index in [1.165, 1.54) is 16.7 Å². The summed E-state index contributed by atoms with van der Waals surface area (Å²) < 4.78 is 0. The largest absolute Gasteiger partial charge is 0.343 e. The van der Waals surface area contributed by atoms with Crippen LogP contribution >= 0.6 is 0 Å². The highest BCUT2D eigenvalue weighted by atomic mass is 16.2. The minimum atomic E-state index is 0.248. The summed E-state index contributed by atoms with van der Waals surface area (Å²) in [6.45, 7) is 7.95. The van der Waals surface area contributed by atoms with Crippen LogP contribution in [0.4, 0.5) is 0 Å². The molecule has 0 spiro atoms. The van der Waals surface area contributed by atoms with Gasteiger partial charge in [-0.1, -0.05) is 68.4 Å². The van der Waals surface area contributed by atoms with Gasteiger partial charge in [0.2, 0.25) is 5.91 Å². The average Bonchev–Trinajstić information content (AvgIpc) is 2.60. The number of hydrogen-bond donors (Lipinski definition) is 0. The Morgan fingerprint density at radius 1 is 0.957 bits per heavy atom. The van der Waals surface area contributed by atoms with E-state index in [-0.39, 0.29) is 11.8 Å². The van der Waals surface area contributed by atoms with E-state index >= 15 is 0 Å². The quantitative estimate of drug-likeness (QED) is 0.696.